The molecule has 0 radical (unpaired) electrons. The van der Waals surface area contributed by atoms with Gasteiger partial charge in [0.1, 0.15) is 5.82 Å². The van der Waals surface area contributed by atoms with Crippen molar-refractivity contribution >= 4 is 0 Å². The van der Waals surface area contributed by atoms with Crippen LogP contribution in [0.1, 0.15) is 30.8 Å². The number of nitrogens with one attached hydrogen (secondary N) is 2. The highest BCUT2D eigenvalue weighted by Crippen LogP contribution is 2.33. The summed E-state index contributed by atoms with van der Waals surface area (Å²) in [6.07, 6.45) is 8.90. The summed E-state index contributed by atoms with van der Waals surface area (Å²) in [7, 11) is 0. The number of nitrogens with zero attached hydrogens (tertiary/aromatic N) is 3. The Hall–Kier alpha value is -1.66. The molecule has 0 saturated carbocycles. The van der Waals surface area contributed by atoms with Gasteiger partial charge in [0.2, 0.25) is 0 Å². The zero-order valence-corrected chi connectivity index (χ0v) is 11.7. The van der Waals surface area contributed by atoms with Gasteiger partial charge in [-0.2, -0.15) is 5.10 Å². The van der Waals surface area contributed by atoms with Crippen molar-refractivity contribution in [3.63, 3.8) is 0 Å². The summed E-state index contributed by atoms with van der Waals surface area (Å²) in [5, 5.41) is 7.79. The molecule has 2 atom stereocenters. The number of rotatable bonds is 6. The average Bonchev–Trinajstić information content (AvgIpc) is 3.20. The molecule has 0 bridgehead atoms. The molecule has 6 nitrogen and oxygen atoms in total. The molecule has 2 unspecified atom stereocenters. The highest BCUT2D eigenvalue weighted by molar-refractivity contribution is 5.11. The van der Waals surface area contributed by atoms with Gasteiger partial charge < -0.3 is 15.0 Å². The van der Waals surface area contributed by atoms with Crippen molar-refractivity contribution in [2.75, 3.05) is 13.2 Å². The standard InChI is InChI=1S/C14H21N5O/c1-2-19-10-12(8-18-19)14-11(3-6-20-14)7-15-9-13-16-4-5-17-13/h4-5,8,10-11,14-15H,2-3,6-7,9H2,1H3,(H,16,17). The van der Waals surface area contributed by atoms with Gasteiger partial charge in [0.05, 0.1) is 18.8 Å². The predicted molar refractivity (Wildman–Crippen MR) is 75.0 cm³/mol. The predicted octanol–water partition coefficient (Wildman–Crippen LogP) is 1.49. The maximum absolute atomic E-state index is 5.88. The molecular weight excluding hydrogens is 254 g/mol. The largest absolute Gasteiger partial charge is 0.373 e. The highest BCUT2D eigenvalue weighted by atomic mass is 16.5. The number of ether oxygens (including phenoxy) is 1. The Morgan fingerprint density at radius 3 is 3.25 bits per heavy atom. The molecule has 20 heavy (non-hydrogen) atoms. The molecule has 0 aromatic carbocycles. The SMILES string of the molecule is CCn1cc(C2OCCC2CNCc2ncc[nH]2)cn1. The summed E-state index contributed by atoms with van der Waals surface area (Å²) in [5.41, 5.74) is 1.19. The Labute approximate surface area is 118 Å². The Kier molecular flexibility index (Phi) is 4.13. The molecule has 1 aliphatic heterocycles. The quantitative estimate of drug-likeness (QED) is 0.838. The van der Waals surface area contributed by atoms with Gasteiger partial charge >= 0.3 is 0 Å². The zero-order valence-electron chi connectivity index (χ0n) is 11.7. The number of imidazole rings is 1. The Morgan fingerprint density at radius 1 is 1.55 bits per heavy atom. The number of hydrogen-bond donors (Lipinski definition) is 2. The minimum atomic E-state index is 0.166. The van der Waals surface area contributed by atoms with E-state index in [1.165, 1.54) is 5.56 Å². The second-order valence-electron chi connectivity index (χ2n) is 5.14. The molecule has 2 N–H and O–H groups in total. The molecule has 0 aliphatic carbocycles. The third-order valence-corrected chi connectivity index (χ3v) is 3.77. The van der Waals surface area contributed by atoms with E-state index in [-0.39, 0.29) is 6.10 Å². The Bertz CT molecular complexity index is 521. The van der Waals surface area contributed by atoms with Crippen LogP contribution in [-0.2, 0) is 17.8 Å². The van der Waals surface area contributed by atoms with Crippen molar-refractivity contribution in [3.05, 3.63) is 36.2 Å². The smallest absolute Gasteiger partial charge is 0.120 e. The van der Waals surface area contributed by atoms with Gasteiger partial charge in [-0.1, -0.05) is 0 Å². The van der Waals surface area contributed by atoms with Crippen LogP contribution in [0.15, 0.2) is 24.8 Å². The first-order valence-electron chi connectivity index (χ1n) is 7.19. The number of aromatic nitrogens is 4. The minimum absolute atomic E-state index is 0.166. The molecule has 108 valence electrons. The van der Waals surface area contributed by atoms with Crippen molar-refractivity contribution in [2.45, 2.75) is 32.5 Å². The summed E-state index contributed by atoms with van der Waals surface area (Å²) in [6.45, 7) is 5.52. The van der Waals surface area contributed by atoms with Gasteiger partial charge in [0, 0.05) is 49.8 Å². The molecule has 6 heteroatoms. The van der Waals surface area contributed by atoms with Crippen molar-refractivity contribution in [1.82, 2.24) is 25.1 Å². The first-order chi connectivity index (χ1) is 9.86. The second kappa shape index (κ2) is 6.19. The number of H-pyrrole nitrogens is 1. The van der Waals surface area contributed by atoms with Crippen LogP contribution in [0.2, 0.25) is 0 Å². The highest BCUT2D eigenvalue weighted by Gasteiger charge is 2.30. The topological polar surface area (TPSA) is 67.8 Å². The van der Waals surface area contributed by atoms with E-state index in [9.17, 15) is 0 Å². The van der Waals surface area contributed by atoms with Crippen molar-refractivity contribution in [1.29, 1.82) is 0 Å². The maximum Gasteiger partial charge on any atom is 0.120 e. The van der Waals surface area contributed by atoms with E-state index in [0.717, 1.165) is 38.5 Å². The average molecular weight is 275 g/mol. The molecule has 0 amide bonds. The zero-order chi connectivity index (χ0) is 13.8. The van der Waals surface area contributed by atoms with Crippen LogP contribution >= 0.6 is 0 Å². The fourth-order valence-corrected chi connectivity index (χ4v) is 2.68. The molecule has 2 aromatic rings. The van der Waals surface area contributed by atoms with E-state index < -0.39 is 0 Å². The van der Waals surface area contributed by atoms with Gasteiger partial charge in [0.25, 0.3) is 0 Å². The normalized spacial score (nSPS) is 22.4. The van der Waals surface area contributed by atoms with Crippen molar-refractivity contribution < 1.29 is 4.74 Å². The minimum Gasteiger partial charge on any atom is -0.373 e. The molecule has 3 heterocycles. The summed E-state index contributed by atoms with van der Waals surface area (Å²) in [5.74, 6) is 1.47. The molecule has 1 aliphatic rings. The third kappa shape index (κ3) is 2.91. The Balaban J connectivity index is 1.55. The summed E-state index contributed by atoms with van der Waals surface area (Å²) in [4.78, 5) is 7.31. The summed E-state index contributed by atoms with van der Waals surface area (Å²) >= 11 is 0. The molecule has 1 saturated heterocycles. The first-order valence-corrected chi connectivity index (χ1v) is 7.19. The van der Waals surface area contributed by atoms with E-state index in [4.69, 9.17) is 4.74 Å². The van der Waals surface area contributed by atoms with Crippen molar-refractivity contribution in [2.24, 2.45) is 5.92 Å². The summed E-state index contributed by atoms with van der Waals surface area (Å²) < 4.78 is 7.83. The number of aromatic amines is 1. The molecule has 0 spiro atoms. The van der Waals surface area contributed by atoms with Gasteiger partial charge in [-0.15, -0.1) is 0 Å². The van der Waals surface area contributed by atoms with Crippen LogP contribution in [0.3, 0.4) is 0 Å². The molecular formula is C14H21N5O. The molecule has 1 fully saturated rings. The molecule has 2 aromatic heterocycles. The van der Waals surface area contributed by atoms with Crippen LogP contribution in [0.25, 0.3) is 0 Å². The van der Waals surface area contributed by atoms with Crippen LogP contribution in [0.4, 0.5) is 0 Å². The van der Waals surface area contributed by atoms with Crippen LogP contribution < -0.4 is 5.32 Å². The first kappa shape index (κ1) is 13.3. The monoisotopic (exact) mass is 275 g/mol. The van der Waals surface area contributed by atoms with E-state index in [2.05, 4.69) is 33.5 Å². The van der Waals surface area contributed by atoms with E-state index in [1.54, 1.807) is 6.20 Å². The Morgan fingerprint density at radius 2 is 2.50 bits per heavy atom. The van der Waals surface area contributed by atoms with Gasteiger partial charge in [0.15, 0.2) is 0 Å². The molecule has 3 rings (SSSR count). The summed E-state index contributed by atoms with van der Waals surface area (Å²) in [6, 6.07) is 0. The van der Waals surface area contributed by atoms with E-state index >= 15 is 0 Å². The number of hydrogen-bond acceptors (Lipinski definition) is 4. The maximum atomic E-state index is 5.88. The van der Waals surface area contributed by atoms with Crippen molar-refractivity contribution in [3.8, 4) is 0 Å². The van der Waals surface area contributed by atoms with Crippen LogP contribution in [0.5, 0.6) is 0 Å². The second-order valence-corrected chi connectivity index (χ2v) is 5.14. The van der Waals surface area contributed by atoms with Gasteiger partial charge in [-0.05, 0) is 13.3 Å². The van der Waals surface area contributed by atoms with E-state index in [0.29, 0.717) is 5.92 Å². The number of aryl methyl sites for hydroxylation is 1. The fourth-order valence-electron chi connectivity index (χ4n) is 2.68. The fraction of sp³-hybridized carbons (Fsp3) is 0.571. The lowest BCUT2D eigenvalue weighted by molar-refractivity contribution is 0.0903. The van der Waals surface area contributed by atoms with E-state index in [1.807, 2.05) is 17.1 Å². The van der Waals surface area contributed by atoms with Crippen LogP contribution in [0, 0.1) is 5.92 Å². The lowest BCUT2D eigenvalue weighted by Crippen LogP contribution is -2.25. The lowest BCUT2D eigenvalue weighted by atomic mass is 9.97. The van der Waals surface area contributed by atoms with Gasteiger partial charge in [-0.25, -0.2) is 4.98 Å². The van der Waals surface area contributed by atoms with Gasteiger partial charge in [-0.3, -0.25) is 4.68 Å². The third-order valence-electron chi connectivity index (χ3n) is 3.77. The van der Waals surface area contributed by atoms with Crippen LogP contribution in [-0.4, -0.2) is 32.9 Å². The lowest BCUT2D eigenvalue weighted by Gasteiger charge is -2.17.